The maximum atomic E-state index is 14.6. The fraction of sp³-hybridized carbons (Fsp3) is 0.321. The summed E-state index contributed by atoms with van der Waals surface area (Å²) in [5.74, 6) is 1.96. The molecule has 1 fully saturated rings. The summed E-state index contributed by atoms with van der Waals surface area (Å²) in [6.07, 6.45) is 9.38. The highest BCUT2D eigenvalue weighted by atomic mass is 32.2. The van der Waals surface area contributed by atoms with Gasteiger partial charge in [0.1, 0.15) is 29.0 Å². The molecular formula is C28H30F2N6O3S. The molecule has 0 bridgehead atoms. The van der Waals surface area contributed by atoms with Crippen LogP contribution >= 0.6 is 0 Å². The predicted octanol–water partition coefficient (Wildman–Crippen LogP) is 3.55. The molecule has 3 aromatic rings. The smallest absolute Gasteiger partial charge is 0.267 e. The molecule has 4 rings (SSSR count). The Hall–Kier alpha value is -3.92. The van der Waals surface area contributed by atoms with Gasteiger partial charge in [-0.1, -0.05) is 5.92 Å². The van der Waals surface area contributed by atoms with E-state index in [1.165, 1.54) is 43.8 Å². The Labute approximate surface area is 232 Å². The number of hydrogen-bond donors (Lipinski definition) is 1. The van der Waals surface area contributed by atoms with Gasteiger partial charge in [-0.05, 0) is 35.9 Å². The number of anilines is 2. The van der Waals surface area contributed by atoms with Crippen LogP contribution in [0.3, 0.4) is 0 Å². The quantitative estimate of drug-likeness (QED) is 0.392. The van der Waals surface area contributed by atoms with E-state index in [1.54, 1.807) is 12.1 Å². The van der Waals surface area contributed by atoms with E-state index in [0.29, 0.717) is 36.6 Å². The molecule has 1 N–H and O–H groups in total. The Morgan fingerprint density at radius 3 is 2.55 bits per heavy atom. The number of ether oxygens (including phenoxy) is 1. The average Bonchev–Trinajstić information content (AvgIpc) is 2.90. The predicted molar refractivity (Wildman–Crippen MR) is 151 cm³/mol. The lowest BCUT2D eigenvalue weighted by atomic mass is 10.0. The standard InChI is InChI=1S/C28H30F2N6O3S/c1-4-9-35-10-12-36(13-11-35)18-28(37)34-40(3,38)19-20-7-8-31-26(14-20)33-27-16-23(24(30)17-32-27)22-6-5-21(29)15-25(22)39-2/h1,5-8,14-17H,9-13,18-19H2,2-3H3,(H,31,32,33). The third-order valence-corrected chi connectivity index (χ3v) is 7.72. The van der Waals surface area contributed by atoms with Gasteiger partial charge in [0.25, 0.3) is 5.91 Å². The molecule has 0 spiro atoms. The van der Waals surface area contributed by atoms with Gasteiger partial charge in [-0.15, -0.1) is 6.42 Å². The van der Waals surface area contributed by atoms with Crippen molar-refractivity contribution in [1.29, 1.82) is 0 Å². The molecule has 1 atom stereocenters. The van der Waals surface area contributed by atoms with Crippen LogP contribution in [0.2, 0.25) is 0 Å². The minimum Gasteiger partial charge on any atom is -0.496 e. The van der Waals surface area contributed by atoms with Crippen LogP contribution in [0.5, 0.6) is 5.75 Å². The first kappa shape index (κ1) is 29.1. The van der Waals surface area contributed by atoms with E-state index in [4.69, 9.17) is 11.2 Å². The summed E-state index contributed by atoms with van der Waals surface area (Å²) in [6.45, 7) is 3.62. The Bertz CT molecular complexity index is 1540. The van der Waals surface area contributed by atoms with Crippen molar-refractivity contribution in [2.24, 2.45) is 4.36 Å². The van der Waals surface area contributed by atoms with Gasteiger partial charge in [0.05, 0.1) is 41.9 Å². The molecule has 1 unspecified atom stereocenters. The molecule has 1 aromatic carbocycles. The lowest BCUT2D eigenvalue weighted by molar-refractivity contribution is -0.119. The van der Waals surface area contributed by atoms with Gasteiger partial charge in [-0.2, -0.15) is 4.36 Å². The molecule has 0 aliphatic carbocycles. The van der Waals surface area contributed by atoms with E-state index < -0.39 is 27.3 Å². The fourth-order valence-corrected chi connectivity index (χ4v) is 5.73. The van der Waals surface area contributed by atoms with E-state index in [0.717, 1.165) is 19.3 Å². The molecule has 40 heavy (non-hydrogen) atoms. The first-order valence-corrected chi connectivity index (χ1v) is 14.6. The average molecular weight is 569 g/mol. The van der Waals surface area contributed by atoms with Crippen LogP contribution in [0.15, 0.2) is 53.2 Å². The number of hydrogen-bond acceptors (Lipinski definition) is 8. The number of nitrogens with zero attached hydrogens (tertiary/aromatic N) is 5. The summed E-state index contributed by atoms with van der Waals surface area (Å²) in [6, 6.07) is 8.63. The maximum Gasteiger partial charge on any atom is 0.267 e. The van der Waals surface area contributed by atoms with Gasteiger partial charge in [0.2, 0.25) is 0 Å². The largest absolute Gasteiger partial charge is 0.496 e. The van der Waals surface area contributed by atoms with Crippen molar-refractivity contribution in [1.82, 2.24) is 19.8 Å². The monoisotopic (exact) mass is 568 g/mol. The summed E-state index contributed by atoms with van der Waals surface area (Å²) in [5, 5.41) is 3.01. The molecule has 9 nitrogen and oxygen atoms in total. The van der Waals surface area contributed by atoms with Crippen molar-refractivity contribution in [3.63, 3.8) is 0 Å². The van der Waals surface area contributed by atoms with E-state index in [9.17, 15) is 17.8 Å². The van der Waals surface area contributed by atoms with Crippen molar-refractivity contribution in [3.8, 4) is 29.2 Å². The fourth-order valence-electron chi connectivity index (χ4n) is 4.38. The molecule has 1 amide bonds. The summed E-state index contributed by atoms with van der Waals surface area (Å²) < 4.78 is 50.6. The van der Waals surface area contributed by atoms with Crippen molar-refractivity contribution < 1.29 is 22.5 Å². The molecule has 12 heteroatoms. The summed E-state index contributed by atoms with van der Waals surface area (Å²) in [5.41, 5.74) is 1.17. The number of terminal acetylenes is 1. The van der Waals surface area contributed by atoms with Crippen LogP contribution in [0.1, 0.15) is 5.56 Å². The second-order valence-electron chi connectivity index (χ2n) is 9.41. The molecular weight excluding hydrogens is 538 g/mol. The first-order valence-electron chi connectivity index (χ1n) is 12.5. The zero-order valence-electron chi connectivity index (χ0n) is 22.3. The number of aromatic nitrogens is 2. The third-order valence-electron chi connectivity index (χ3n) is 6.26. The Kier molecular flexibility index (Phi) is 9.42. The Morgan fingerprint density at radius 1 is 1.10 bits per heavy atom. The highest BCUT2D eigenvalue weighted by molar-refractivity contribution is 7.92. The zero-order chi connectivity index (χ0) is 28.7. The number of amides is 1. The normalized spacial score (nSPS) is 15.6. The molecule has 210 valence electrons. The number of nitrogens with one attached hydrogen (secondary N) is 1. The van der Waals surface area contributed by atoms with E-state index >= 15 is 0 Å². The number of carbonyl (C=O) groups is 1. The summed E-state index contributed by atoms with van der Waals surface area (Å²) in [7, 11) is -1.48. The van der Waals surface area contributed by atoms with E-state index in [-0.39, 0.29) is 29.4 Å². The highest BCUT2D eigenvalue weighted by Gasteiger charge is 2.19. The van der Waals surface area contributed by atoms with Crippen molar-refractivity contribution in [2.45, 2.75) is 5.75 Å². The molecule has 3 heterocycles. The number of pyridine rings is 2. The second-order valence-corrected chi connectivity index (χ2v) is 11.8. The van der Waals surface area contributed by atoms with Crippen LogP contribution in [0, 0.1) is 24.0 Å². The molecule has 2 aromatic heterocycles. The Morgan fingerprint density at radius 2 is 1.82 bits per heavy atom. The van der Waals surface area contributed by atoms with Gasteiger partial charge >= 0.3 is 0 Å². The van der Waals surface area contributed by atoms with Crippen molar-refractivity contribution in [2.75, 3.05) is 58.0 Å². The lowest BCUT2D eigenvalue weighted by Crippen LogP contribution is -2.47. The van der Waals surface area contributed by atoms with Crippen LogP contribution in [0.25, 0.3) is 11.1 Å². The number of halogens is 2. The van der Waals surface area contributed by atoms with Crippen LogP contribution in [0.4, 0.5) is 20.4 Å². The molecule has 1 saturated heterocycles. The molecule has 0 saturated carbocycles. The van der Waals surface area contributed by atoms with E-state index in [1.807, 2.05) is 4.90 Å². The third kappa shape index (κ3) is 7.81. The minimum absolute atomic E-state index is 0.0424. The summed E-state index contributed by atoms with van der Waals surface area (Å²) in [4.78, 5) is 25.0. The van der Waals surface area contributed by atoms with Gasteiger partial charge in [-0.3, -0.25) is 14.6 Å². The number of methoxy groups -OCH3 is 1. The van der Waals surface area contributed by atoms with Gasteiger partial charge in [0, 0.05) is 55.8 Å². The number of piperazine rings is 1. The number of benzene rings is 1. The molecule has 0 radical (unpaired) electrons. The summed E-state index contributed by atoms with van der Waals surface area (Å²) >= 11 is 0. The Balaban J connectivity index is 1.44. The maximum absolute atomic E-state index is 14.6. The van der Waals surface area contributed by atoms with E-state index in [2.05, 4.69) is 30.5 Å². The SMILES string of the molecule is C#CCN1CCN(CC(=O)N=S(C)(=O)Cc2ccnc(Nc3cc(-c4ccc(F)cc4OC)c(F)cn3)c2)CC1. The van der Waals surface area contributed by atoms with Gasteiger partial charge < -0.3 is 10.1 Å². The number of carbonyl (C=O) groups excluding carboxylic acids is 1. The highest BCUT2D eigenvalue weighted by Crippen LogP contribution is 2.33. The van der Waals surface area contributed by atoms with Gasteiger partial charge in [-0.25, -0.2) is 23.0 Å². The lowest BCUT2D eigenvalue weighted by Gasteiger charge is -2.32. The second kappa shape index (κ2) is 13.0. The van der Waals surface area contributed by atoms with Crippen LogP contribution in [-0.4, -0.2) is 82.5 Å². The molecule has 1 aliphatic rings. The van der Waals surface area contributed by atoms with Gasteiger partial charge in [0.15, 0.2) is 0 Å². The van der Waals surface area contributed by atoms with Crippen molar-refractivity contribution >= 4 is 27.3 Å². The number of rotatable bonds is 9. The molecule has 1 aliphatic heterocycles. The zero-order valence-corrected chi connectivity index (χ0v) is 23.1. The van der Waals surface area contributed by atoms with Crippen LogP contribution in [-0.2, 0) is 20.3 Å². The van der Waals surface area contributed by atoms with Crippen molar-refractivity contribution in [3.05, 3.63) is 66.0 Å². The van der Waals surface area contributed by atoms with Crippen LogP contribution < -0.4 is 10.1 Å². The topological polar surface area (TPSA) is 100 Å². The first-order chi connectivity index (χ1) is 19.2. The minimum atomic E-state index is -2.86.